The quantitative estimate of drug-likeness (QED) is 0.790. The lowest BCUT2D eigenvalue weighted by Crippen LogP contribution is -2.02. The Morgan fingerprint density at radius 2 is 2.07 bits per heavy atom. The van der Waals surface area contributed by atoms with Gasteiger partial charge in [0.1, 0.15) is 5.75 Å². The molecule has 0 amide bonds. The van der Waals surface area contributed by atoms with E-state index < -0.39 is 6.43 Å². The van der Waals surface area contributed by atoms with E-state index in [-0.39, 0.29) is 21.4 Å². The number of Topliss-reactive ketones (excluding diaryl/α,β-unsaturated/α-hetero) is 1. The van der Waals surface area contributed by atoms with Gasteiger partial charge >= 0.3 is 0 Å². The summed E-state index contributed by atoms with van der Waals surface area (Å²) in [6.45, 7) is 1.30. The average molecular weight is 279 g/mol. The van der Waals surface area contributed by atoms with E-state index in [2.05, 4.69) is 15.9 Å². The highest BCUT2D eigenvalue weighted by atomic mass is 79.9. The van der Waals surface area contributed by atoms with Crippen molar-refractivity contribution in [2.45, 2.75) is 13.3 Å². The highest BCUT2D eigenvalue weighted by molar-refractivity contribution is 9.10. The molecule has 0 aliphatic heterocycles. The maximum Gasteiger partial charge on any atom is 0.264 e. The van der Waals surface area contributed by atoms with Crippen molar-refractivity contribution in [2.75, 3.05) is 7.11 Å². The summed E-state index contributed by atoms with van der Waals surface area (Å²) in [6.07, 6.45) is -2.62. The largest absolute Gasteiger partial charge is 0.496 e. The van der Waals surface area contributed by atoms with E-state index in [9.17, 15) is 13.6 Å². The lowest BCUT2D eigenvalue weighted by atomic mass is 10.1. The van der Waals surface area contributed by atoms with Gasteiger partial charge in [-0.15, -0.1) is 0 Å². The number of rotatable bonds is 3. The molecule has 0 radical (unpaired) electrons. The van der Waals surface area contributed by atoms with Gasteiger partial charge in [0.15, 0.2) is 5.78 Å². The van der Waals surface area contributed by atoms with E-state index in [0.29, 0.717) is 5.75 Å². The Hall–Kier alpha value is -0.970. The standard InChI is InChI=1S/C10H9BrF2O2/c1-5(14)8-7(15-2)4-3-6(9(8)11)10(12)13/h3-4,10H,1-2H3. The summed E-state index contributed by atoms with van der Waals surface area (Å²) in [5.74, 6) is -0.0278. The summed E-state index contributed by atoms with van der Waals surface area (Å²) in [5, 5.41) is 0. The van der Waals surface area contributed by atoms with Crippen molar-refractivity contribution in [3.8, 4) is 5.75 Å². The smallest absolute Gasteiger partial charge is 0.264 e. The molecule has 0 bridgehead atoms. The number of methoxy groups -OCH3 is 1. The number of benzene rings is 1. The molecule has 0 saturated heterocycles. The first kappa shape index (κ1) is 12.1. The van der Waals surface area contributed by atoms with Crippen molar-refractivity contribution in [3.05, 3.63) is 27.7 Å². The van der Waals surface area contributed by atoms with Crippen LogP contribution in [0.3, 0.4) is 0 Å². The van der Waals surface area contributed by atoms with Gasteiger partial charge in [-0.1, -0.05) is 0 Å². The van der Waals surface area contributed by atoms with Crippen LogP contribution >= 0.6 is 15.9 Å². The van der Waals surface area contributed by atoms with Gasteiger partial charge in [-0.05, 0) is 35.0 Å². The number of carbonyl (C=O) groups is 1. The summed E-state index contributed by atoms with van der Waals surface area (Å²) in [7, 11) is 1.39. The molecule has 1 aromatic rings. The molecular formula is C10H9BrF2O2. The monoisotopic (exact) mass is 278 g/mol. The predicted octanol–water partition coefficient (Wildman–Crippen LogP) is 3.60. The molecule has 0 N–H and O–H groups in total. The number of carbonyl (C=O) groups excluding carboxylic acids is 1. The average Bonchev–Trinajstić information content (AvgIpc) is 2.15. The normalized spacial score (nSPS) is 10.5. The van der Waals surface area contributed by atoms with Gasteiger partial charge in [0, 0.05) is 10.0 Å². The molecule has 1 aromatic carbocycles. The zero-order valence-electron chi connectivity index (χ0n) is 8.18. The van der Waals surface area contributed by atoms with Crippen LogP contribution in [0, 0.1) is 0 Å². The Labute approximate surface area is 94.4 Å². The lowest BCUT2D eigenvalue weighted by molar-refractivity contribution is 0.101. The van der Waals surface area contributed by atoms with Gasteiger partial charge in [0.25, 0.3) is 6.43 Å². The van der Waals surface area contributed by atoms with E-state index >= 15 is 0 Å². The van der Waals surface area contributed by atoms with Crippen LogP contribution in [0.2, 0.25) is 0 Å². The first-order chi connectivity index (χ1) is 6.99. The minimum absolute atomic E-state index is 0.101. The fourth-order valence-corrected chi connectivity index (χ4v) is 2.02. The van der Waals surface area contributed by atoms with E-state index in [1.165, 1.54) is 26.2 Å². The molecule has 0 aliphatic carbocycles. The topological polar surface area (TPSA) is 26.3 Å². The third-order valence-corrected chi connectivity index (χ3v) is 2.80. The second-order valence-electron chi connectivity index (χ2n) is 2.90. The molecule has 15 heavy (non-hydrogen) atoms. The minimum Gasteiger partial charge on any atom is -0.496 e. The van der Waals surface area contributed by atoms with Crippen LogP contribution in [0.4, 0.5) is 8.78 Å². The highest BCUT2D eigenvalue weighted by Crippen LogP contribution is 2.35. The maximum atomic E-state index is 12.5. The number of halogens is 3. The summed E-state index contributed by atoms with van der Waals surface area (Å²) in [4.78, 5) is 11.3. The van der Waals surface area contributed by atoms with Gasteiger partial charge < -0.3 is 4.74 Å². The van der Waals surface area contributed by atoms with Crippen molar-refractivity contribution >= 4 is 21.7 Å². The molecule has 0 fully saturated rings. The minimum atomic E-state index is -2.62. The maximum absolute atomic E-state index is 12.5. The summed E-state index contributed by atoms with van der Waals surface area (Å²) in [6, 6.07) is 2.60. The van der Waals surface area contributed by atoms with Crippen molar-refractivity contribution in [1.82, 2.24) is 0 Å². The van der Waals surface area contributed by atoms with Crippen LogP contribution in [0.15, 0.2) is 16.6 Å². The van der Waals surface area contributed by atoms with Crippen LogP contribution in [-0.2, 0) is 0 Å². The van der Waals surface area contributed by atoms with Crippen LogP contribution in [0.1, 0.15) is 29.3 Å². The molecular weight excluding hydrogens is 270 g/mol. The van der Waals surface area contributed by atoms with Crippen LogP contribution in [0.25, 0.3) is 0 Å². The van der Waals surface area contributed by atoms with Crippen molar-refractivity contribution in [2.24, 2.45) is 0 Å². The summed E-state index contributed by atoms with van der Waals surface area (Å²) in [5.41, 5.74) is -0.0590. The molecule has 2 nitrogen and oxygen atoms in total. The lowest BCUT2D eigenvalue weighted by Gasteiger charge is -2.11. The number of ketones is 1. The zero-order chi connectivity index (χ0) is 11.6. The SMILES string of the molecule is COc1ccc(C(F)F)c(Br)c1C(C)=O. The molecule has 82 valence electrons. The van der Waals surface area contributed by atoms with Gasteiger partial charge in [-0.2, -0.15) is 0 Å². The van der Waals surface area contributed by atoms with Gasteiger partial charge in [-0.25, -0.2) is 8.78 Å². The molecule has 0 atom stereocenters. The van der Waals surface area contributed by atoms with Crippen LogP contribution < -0.4 is 4.74 Å². The number of hydrogen-bond acceptors (Lipinski definition) is 2. The number of hydrogen-bond donors (Lipinski definition) is 0. The Morgan fingerprint density at radius 3 is 2.47 bits per heavy atom. The molecule has 0 aliphatic rings. The van der Waals surface area contributed by atoms with Crippen molar-refractivity contribution in [3.63, 3.8) is 0 Å². The number of ether oxygens (including phenoxy) is 1. The Morgan fingerprint density at radius 1 is 1.47 bits per heavy atom. The van der Waals surface area contributed by atoms with Gasteiger partial charge in [0.2, 0.25) is 0 Å². The first-order valence-electron chi connectivity index (χ1n) is 4.14. The molecule has 0 saturated carbocycles. The Balaban J connectivity index is 3.42. The van der Waals surface area contributed by atoms with E-state index in [0.717, 1.165) is 0 Å². The Kier molecular flexibility index (Phi) is 3.79. The fraction of sp³-hybridized carbons (Fsp3) is 0.300. The number of alkyl halides is 2. The fourth-order valence-electron chi connectivity index (χ4n) is 1.24. The third kappa shape index (κ3) is 2.34. The molecule has 0 unspecified atom stereocenters. The molecule has 0 aromatic heterocycles. The first-order valence-corrected chi connectivity index (χ1v) is 4.93. The predicted molar refractivity (Wildman–Crippen MR) is 55.7 cm³/mol. The van der Waals surface area contributed by atoms with E-state index in [1.807, 2.05) is 0 Å². The summed E-state index contributed by atoms with van der Waals surface area (Å²) < 4.78 is 30.1. The van der Waals surface area contributed by atoms with Gasteiger partial charge in [0.05, 0.1) is 12.7 Å². The molecule has 0 heterocycles. The second-order valence-corrected chi connectivity index (χ2v) is 3.70. The zero-order valence-corrected chi connectivity index (χ0v) is 9.77. The summed E-state index contributed by atoms with van der Waals surface area (Å²) >= 11 is 2.99. The van der Waals surface area contributed by atoms with Crippen molar-refractivity contribution in [1.29, 1.82) is 0 Å². The third-order valence-electron chi connectivity index (χ3n) is 1.94. The molecule has 1 rings (SSSR count). The van der Waals surface area contributed by atoms with Crippen molar-refractivity contribution < 1.29 is 18.3 Å². The molecule has 5 heteroatoms. The van der Waals surface area contributed by atoms with Crippen LogP contribution in [-0.4, -0.2) is 12.9 Å². The molecule has 0 spiro atoms. The Bertz CT molecular complexity index is 391. The van der Waals surface area contributed by atoms with E-state index in [4.69, 9.17) is 4.74 Å². The van der Waals surface area contributed by atoms with Crippen LogP contribution in [0.5, 0.6) is 5.75 Å². The highest BCUT2D eigenvalue weighted by Gasteiger charge is 2.20. The second kappa shape index (κ2) is 4.70. The van der Waals surface area contributed by atoms with E-state index in [1.54, 1.807) is 0 Å². The van der Waals surface area contributed by atoms with Gasteiger partial charge in [-0.3, -0.25) is 4.79 Å².